The largest absolute Gasteiger partial charge is 0.355 e. The molecule has 1 fully saturated rings. The zero-order chi connectivity index (χ0) is 26.8. The third kappa shape index (κ3) is 5.03. The molecule has 39 heavy (non-hydrogen) atoms. The number of anilines is 1. The fourth-order valence-corrected chi connectivity index (χ4v) is 6.62. The van der Waals surface area contributed by atoms with E-state index in [4.69, 9.17) is 15.1 Å². The molecule has 0 saturated carbocycles. The molecular formula is C30H30N6O2S. The lowest BCUT2D eigenvalue weighted by molar-refractivity contribution is 0.433. The fourth-order valence-electron chi connectivity index (χ4n) is 5.13. The predicted molar refractivity (Wildman–Crippen MR) is 153 cm³/mol. The van der Waals surface area contributed by atoms with E-state index in [0.717, 1.165) is 33.8 Å². The van der Waals surface area contributed by atoms with Crippen LogP contribution in [0.3, 0.4) is 0 Å². The molecule has 0 bridgehead atoms. The van der Waals surface area contributed by atoms with Crippen molar-refractivity contribution >= 4 is 26.9 Å². The highest BCUT2D eigenvalue weighted by molar-refractivity contribution is 7.89. The Balaban J connectivity index is 1.40. The van der Waals surface area contributed by atoms with Gasteiger partial charge in [-0.1, -0.05) is 66.7 Å². The first-order chi connectivity index (χ1) is 19.0. The van der Waals surface area contributed by atoms with Crippen molar-refractivity contribution in [3.05, 3.63) is 108 Å². The van der Waals surface area contributed by atoms with Crippen molar-refractivity contribution in [2.45, 2.75) is 24.7 Å². The van der Waals surface area contributed by atoms with Gasteiger partial charge in [-0.25, -0.2) is 23.1 Å². The van der Waals surface area contributed by atoms with E-state index < -0.39 is 10.0 Å². The van der Waals surface area contributed by atoms with Crippen molar-refractivity contribution in [3.63, 3.8) is 0 Å². The molecule has 5 aromatic rings. The molecule has 198 valence electrons. The van der Waals surface area contributed by atoms with Crippen molar-refractivity contribution in [1.29, 1.82) is 0 Å². The lowest BCUT2D eigenvalue weighted by Crippen LogP contribution is -2.35. The third-order valence-corrected chi connectivity index (χ3v) is 8.98. The maximum atomic E-state index is 13.3. The Morgan fingerprint density at radius 1 is 0.769 bits per heavy atom. The van der Waals surface area contributed by atoms with Gasteiger partial charge in [0.25, 0.3) is 0 Å². The molecule has 0 unspecified atom stereocenters. The maximum absolute atomic E-state index is 13.3. The lowest BCUT2D eigenvalue weighted by Gasteiger charge is -2.24. The summed E-state index contributed by atoms with van der Waals surface area (Å²) in [6, 6.07) is 28.8. The number of benzene rings is 3. The molecule has 0 spiro atoms. The van der Waals surface area contributed by atoms with Gasteiger partial charge in [0.15, 0.2) is 5.65 Å². The van der Waals surface area contributed by atoms with Gasteiger partial charge < -0.3 is 4.90 Å². The Labute approximate surface area is 228 Å². The number of para-hydroxylation sites is 1. The van der Waals surface area contributed by atoms with Gasteiger partial charge in [-0.15, -0.1) is 0 Å². The first kappa shape index (κ1) is 25.2. The van der Waals surface area contributed by atoms with E-state index in [9.17, 15) is 8.42 Å². The second kappa shape index (κ2) is 10.6. The normalized spacial score (nSPS) is 14.9. The quantitative estimate of drug-likeness (QED) is 0.314. The summed E-state index contributed by atoms with van der Waals surface area (Å²) < 4.78 is 30.1. The molecule has 1 aliphatic heterocycles. The highest BCUT2D eigenvalue weighted by atomic mass is 32.2. The summed E-state index contributed by atoms with van der Waals surface area (Å²) in [5.41, 5.74) is 3.66. The molecule has 0 radical (unpaired) electrons. The summed E-state index contributed by atoms with van der Waals surface area (Å²) in [6.45, 7) is 4.03. The van der Waals surface area contributed by atoms with Crippen LogP contribution < -0.4 is 4.90 Å². The molecule has 8 nitrogen and oxygen atoms in total. The second-order valence-corrected chi connectivity index (χ2v) is 11.7. The zero-order valence-electron chi connectivity index (χ0n) is 21.8. The van der Waals surface area contributed by atoms with Gasteiger partial charge in [-0.3, -0.25) is 0 Å². The van der Waals surface area contributed by atoms with Crippen molar-refractivity contribution < 1.29 is 8.42 Å². The van der Waals surface area contributed by atoms with E-state index in [1.165, 1.54) is 0 Å². The SMILES string of the molecule is Cc1nn(-c2ccccc2)c2nc(Cc3ccccc3)nc(N3CCCN(S(=O)(=O)c4ccccc4)CC3)c12. The highest BCUT2D eigenvalue weighted by Crippen LogP contribution is 2.30. The molecular weight excluding hydrogens is 508 g/mol. The van der Waals surface area contributed by atoms with E-state index in [1.807, 2.05) is 66.2 Å². The van der Waals surface area contributed by atoms with Crippen LogP contribution >= 0.6 is 0 Å². The van der Waals surface area contributed by atoms with Crippen LogP contribution in [0, 0.1) is 6.92 Å². The molecule has 3 heterocycles. The Hall–Kier alpha value is -4.08. The van der Waals surface area contributed by atoms with Crippen molar-refractivity contribution in [3.8, 4) is 5.69 Å². The van der Waals surface area contributed by atoms with Gasteiger partial charge in [0.1, 0.15) is 11.6 Å². The maximum Gasteiger partial charge on any atom is 0.243 e. The number of hydrogen-bond donors (Lipinski definition) is 0. The minimum absolute atomic E-state index is 0.327. The molecule has 6 rings (SSSR count). The monoisotopic (exact) mass is 538 g/mol. The molecule has 9 heteroatoms. The van der Waals surface area contributed by atoms with Crippen LogP contribution in [0.15, 0.2) is 95.9 Å². The summed E-state index contributed by atoms with van der Waals surface area (Å²) in [4.78, 5) is 12.6. The Kier molecular flexibility index (Phi) is 6.85. The first-order valence-corrected chi connectivity index (χ1v) is 14.6. The van der Waals surface area contributed by atoms with Gasteiger partial charge in [0.2, 0.25) is 10.0 Å². The number of aryl methyl sites for hydroxylation is 1. The molecule has 2 aromatic heterocycles. The van der Waals surface area contributed by atoms with Crippen LogP contribution in [0.1, 0.15) is 23.5 Å². The summed E-state index contributed by atoms with van der Waals surface area (Å²) in [7, 11) is -3.56. The number of hydrogen-bond acceptors (Lipinski definition) is 6. The molecule has 1 saturated heterocycles. The average Bonchev–Trinajstić information content (AvgIpc) is 3.12. The van der Waals surface area contributed by atoms with Crippen LogP contribution in [0.5, 0.6) is 0 Å². The predicted octanol–water partition coefficient (Wildman–Crippen LogP) is 4.62. The smallest absolute Gasteiger partial charge is 0.243 e. The van der Waals surface area contributed by atoms with E-state index in [1.54, 1.807) is 28.6 Å². The number of sulfonamides is 1. The third-order valence-electron chi connectivity index (χ3n) is 7.07. The number of rotatable bonds is 6. The van der Waals surface area contributed by atoms with Crippen molar-refractivity contribution in [2.24, 2.45) is 0 Å². The Morgan fingerprint density at radius 3 is 2.15 bits per heavy atom. The van der Waals surface area contributed by atoms with Gasteiger partial charge >= 0.3 is 0 Å². The summed E-state index contributed by atoms with van der Waals surface area (Å²) in [5.74, 6) is 1.52. The van der Waals surface area contributed by atoms with Crippen LogP contribution in [-0.2, 0) is 16.4 Å². The first-order valence-electron chi connectivity index (χ1n) is 13.2. The topological polar surface area (TPSA) is 84.2 Å². The summed E-state index contributed by atoms with van der Waals surface area (Å²) >= 11 is 0. The van der Waals surface area contributed by atoms with E-state index in [0.29, 0.717) is 49.7 Å². The number of fused-ring (bicyclic) bond motifs is 1. The number of aromatic nitrogens is 4. The molecule has 0 N–H and O–H groups in total. The van der Waals surface area contributed by atoms with Crippen LogP contribution in [-0.4, -0.2) is 58.7 Å². The summed E-state index contributed by atoms with van der Waals surface area (Å²) in [5, 5.41) is 5.76. The highest BCUT2D eigenvalue weighted by Gasteiger charge is 2.29. The standard InChI is InChI=1S/C30H30N6O2S/c1-23-28-29(34-18-11-19-35(21-20-34)39(37,38)26-16-9-4-10-17-26)31-27(22-24-12-5-2-6-13-24)32-30(28)36(33-23)25-14-7-3-8-15-25/h2-10,12-17H,11,18-22H2,1H3. The van der Waals surface area contributed by atoms with Gasteiger partial charge in [0, 0.05) is 32.6 Å². The molecule has 0 aliphatic carbocycles. The van der Waals surface area contributed by atoms with Crippen molar-refractivity contribution in [1.82, 2.24) is 24.1 Å². The molecule has 1 aliphatic rings. The fraction of sp³-hybridized carbons (Fsp3) is 0.233. The molecule has 3 aromatic carbocycles. The van der Waals surface area contributed by atoms with E-state index in [-0.39, 0.29) is 0 Å². The van der Waals surface area contributed by atoms with Crippen LogP contribution in [0.25, 0.3) is 16.7 Å². The van der Waals surface area contributed by atoms with Gasteiger partial charge in [0.05, 0.1) is 21.7 Å². The Bertz CT molecular complexity index is 1690. The van der Waals surface area contributed by atoms with Crippen LogP contribution in [0.2, 0.25) is 0 Å². The minimum Gasteiger partial charge on any atom is -0.355 e. The second-order valence-electron chi connectivity index (χ2n) is 9.71. The minimum atomic E-state index is -3.56. The molecule has 0 atom stereocenters. The summed E-state index contributed by atoms with van der Waals surface area (Å²) in [6.07, 6.45) is 1.28. The van der Waals surface area contributed by atoms with E-state index in [2.05, 4.69) is 17.0 Å². The molecule has 0 amide bonds. The lowest BCUT2D eigenvalue weighted by atomic mass is 10.1. The number of nitrogens with zero attached hydrogens (tertiary/aromatic N) is 6. The van der Waals surface area contributed by atoms with E-state index >= 15 is 0 Å². The van der Waals surface area contributed by atoms with Crippen molar-refractivity contribution in [2.75, 3.05) is 31.1 Å². The average molecular weight is 539 g/mol. The van der Waals surface area contributed by atoms with Gasteiger partial charge in [-0.2, -0.15) is 9.40 Å². The van der Waals surface area contributed by atoms with Gasteiger partial charge in [-0.05, 0) is 43.2 Å². The Morgan fingerprint density at radius 2 is 1.44 bits per heavy atom. The van der Waals surface area contributed by atoms with Crippen LogP contribution in [0.4, 0.5) is 5.82 Å². The zero-order valence-corrected chi connectivity index (χ0v) is 22.6.